The molecule has 1 aliphatic heterocycles. The molecule has 0 spiro atoms. The second-order valence-corrected chi connectivity index (χ2v) is 8.75. The summed E-state index contributed by atoms with van der Waals surface area (Å²) in [5.74, 6) is 0.664. The molecule has 1 fully saturated rings. The first-order chi connectivity index (χ1) is 13.8. The topological polar surface area (TPSA) is 105 Å². The fraction of sp³-hybridized carbons (Fsp3) is 0.368. The third kappa shape index (κ3) is 4.66. The summed E-state index contributed by atoms with van der Waals surface area (Å²) in [5, 5.41) is 14.6. The molecule has 1 aliphatic rings. The fourth-order valence-corrected chi connectivity index (χ4v) is 4.63. The van der Waals surface area contributed by atoms with Crippen LogP contribution in [0.1, 0.15) is 5.56 Å². The molecular formula is C19H24N4O5S. The first-order valence-corrected chi connectivity index (χ1v) is 10.6. The lowest BCUT2D eigenvalue weighted by molar-refractivity contribution is -0.384. The van der Waals surface area contributed by atoms with E-state index in [1.54, 1.807) is 13.2 Å². The Balaban J connectivity index is 1.84. The minimum absolute atomic E-state index is 0.0726. The molecule has 0 atom stereocenters. The maximum atomic E-state index is 12.9. The number of likely N-dealkylation sites (N-methyl/N-ethyl adjacent to an activating group) is 1. The van der Waals surface area contributed by atoms with Crippen LogP contribution in [0.4, 0.5) is 11.4 Å². The van der Waals surface area contributed by atoms with E-state index in [1.165, 1.54) is 16.4 Å². The van der Waals surface area contributed by atoms with Gasteiger partial charge in [0.25, 0.3) is 5.69 Å². The molecular weight excluding hydrogens is 396 g/mol. The summed E-state index contributed by atoms with van der Waals surface area (Å²) >= 11 is 0. The lowest BCUT2D eigenvalue weighted by Gasteiger charge is -2.31. The van der Waals surface area contributed by atoms with Crippen LogP contribution >= 0.6 is 0 Å². The number of rotatable bonds is 7. The van der Waals surface area contributed by atoms with Crippen molar-refractivity contribution in [2.24, 2.45) is 0 Å². The van der Waals surface area contributed by atoms with Gasteiger partial charge in [0.15, 0.2) is 0 Å². The number of benzene rings is 2. The molecule has 1 heterocycles. The van der Waals surface area contributed by atoms with E-state index < -0.39 is 14.9 Å². The molecule has 2 aromatic carbocycles. The van der Waals surface area contributed by atoms with E-state index in [1.807, 2.05) is 30.1 Å². The lowest BCUT2D eigenvalue weighted by atomic mass is 10.2. The number of hydrogen-bond acceptors (Lipinski definition) is 7. The van der Waals surface area contributed by atoms with Crippen LogP contribution in [0.2, 0.25) is 0 Å². The Hall–Kier alpha value is -2.69. The normalized spacial score (nSPS) is 15.8. The zero-order valence-corrected chi connectivity index (χ0v) is 17.2. The van der Waals surface area contributed by atoms with E-state index in [9.17, 15) is 18.5 Å². The molecule has 29 heavy (non-hydrogen) atoms. The number of nitrogens with zero attached hydrogens (tertiary/aromatic N) is 3. The Morgan fingerprint density at radius 3 is 2.48 bits per heavy atom. The maximum Gasteiger partial charge on any atom is 0.293 e. The van der Waals surface area contributed by atoms with E-state index in [4.69, 9.17) is 4.74 Å². The fourth-order valence-electron chi connectivity index (χ4n) is 3.19. The molecule has 10 heteroatoms. The third-order valence-corrected chi connectivity index (χ3v) is 6.82. The van der Waals surface area contributed by atoms with Gasteiger partial charge in [-0.25, -0.2) is 8.42 Å². The van der Waals surface area contributed by atoms with Gasteiger partial charge in [-0.1, -0.05) is 18.2 Å². The van der Waals surface area contributed by atoms with E-state index in [2.05, 4.69) is 5.32 Å². The van der Waals surface area contributed by atoms with E-state index >= 15 is 0 Å². The van der Waals surface area contributed by atoms with Crippen molar-refractivity contribution in [3.05, 3.63) is 58.1 Å². The smallest absolute Gasteiger partial charge is 0.293 e. The van der Waals surface area contributed by atoms with Crippen LogP contribution in [0.25, 0.3) is 0 Å². The molecule has 2 aromatic rings. The predicted octanol–water partition coefficient (Wildman–Crippen LogP) is 2.15. The molecule has 0 saturated carbocycles. The number of nitro groups is 1. The molecule has 3 rings (SSSR count). The van der Waals surface area contributed by atoms with Crippen LogP contribution in [0, 0.1) is 10.1 Å². The SMILES string of the molecule is COc1ccccc1CNc1ccc(S(=O)(=O)N2CCN(C)CC2)cc1[N+](=O)[O-]. The Labute approximate surface area is 170 Å². The van der Waals surface area contributed by atoms with Crippen LogP contribution in [0.5, 0.6) is 5.75 Å². The van der Waals surface area contributed by atoms with Crippen molar-refractivity contribution in [2.75, 3.05) is 45.7 Å². The van der Waals surface area contributed by atoms with E-state index in [-0.39, 0.29) is 16.3 Å². The quantitative estimate of drug-likeness (QED) is 0.540. The molecule has 1 N–H and O–H groups in total. The van der Waals surface area contributed by atoms with Crippen molar-refractivity contribution in [2.45, 2.75) is 11.4 Å². The molecule has 0 amide bonds. The Morgan fingerprint density at radius 1 is 1.14 bits per heavy atom. The molecule has 0 aromatic heterocycles. The minimum Gasteiger partial charge on any atom is -0.496 e. The second kappa shape index (κ2) is 8.76. The summed E-state index contributed by atoms with van der Waals surface area (Å²) in [6.45, 7) is 2.27. The number of nitro benzene ring substituents is 1. The lowest BCUT2D eigenvalue weighted by Crippen LogP contribution is -2.47. The summed E-state index contributed by atoms with van der Waals surface area (Å²) in [4.78, 5) is 13.0. The van der Waals surface area contributed by atoms with Gasteiger partial charge in [0.05, 0.1) is 16.9 Å². The molecule has 9 nitrogen and oxygen atoms in total. The first-order valence-electron chi connectivity index (χ1n) is 9.16. The molecule has 0 bridgehead atoms. The van der Waals surface area contributed by atoms with Crippen molar-refractivity contribution in [1.82, 2.24) is 9.21 Å². The number of piperazine rings is 1. The molecule has 0 unspecified atom stereocenters. The van der Waals surface area contributed by atoms with Crippen molar-refractivity contribution in [1.29, 1.82) is 0 Å². The van der Waals surface area contributed by atoms with Gasteiger partial charge in [0.2, 0.25) is 10.0 Å². The predicted molar refractivity (Wildman–Crippen MR) is 110 cm³/mol. The standard InChI is InChI=1S/C19H24N4O5S/c1-21-9-11-22(12-10-21)29(26,27)16-7-8-17(18(13-16)23(24)25)20-14-15-5-3-4-6-19(15)28-2/h3-8,13,20H,9-12,14H2,1-2H3. The number of sulfonamides is 1. The van der Waals surface area contributed by atoms with Gasteiger partial charge in [0.1, 0.15) is 11.4 Å². The Kier molecular flexibility index (Phi) is 6.36. The first kappa shape index (κ1) is 21.0. The second-order valence-electron chi connectivity index (χ2n) is 6.81. The summed E-state index contributed by atoms with van der Waals surface area (Å²) < 4.78 is 32.4. The van der Waals surface area contributed by atoms with Gasteiger partial charge in [-0.2, -0.15) is 4.31 Å². The highest BCUT2D eigenvalue weighted by Crippen LogP contribution is 2.30. The Morgan fingerprint density at radius 2 is 1.83 bits per heavy atom. The van der Waals surface area contributed by atoms with Crippen LogP contribution in [-0.4, -0.2) is 62.9 Å². The number of para-hydroxylation sites is 1. The van der Waals surface area contributed by atoms with E-state index in [0.29, 0.717) is 38.5 Å². The van der Waals surface area contributed by atoms with Crippen molar-refractivity contribution in [3.8, 4) is 5.75 Å². The molecule has 1 saturated heterocycles. The Bertz CT molecular complexity index is 988. The van der Waals surface area contributed by atoms with Crippen LogP contribution < -0.4 is 10.1 Å². The van der Waals surface area contributed by atoms with Crippen molar-refractivity contribution in [3.63, 3.8) is 0 Å². The zero-order valence-electron chi connectivity index (χ0n) is 16.4. The van der Waals surface area contributed by atoms with Gasteiger partial charge in [-0.05, 0) is 25.2 Å². The minimum atomic E-state index is -3.78. The highest BCUT2D eigenvalue weighted by molar-refractivity contribution is 7.89. The molecule has 156 valence electrons. The number of ether oxygens (including phenoxy) is 1. The molecule has 0 aliphatic carbocycles. The van der Waals surface area contributed by atoms with Gasteiger partial charge in [0, 0.05) is 44.4 Å². The summed E-state index contributed by atoms with van der Waals surface area (Å²) in [6.07, 6.45) is 0. The average Bonchev–Trinajstić information content (AvgIpc) is 2.72. The van der Waals surface area contributed by atoms with Crippen LogP contribution in [0.15, 0.2) is 47.4 Å². The highest BCUT2D eigenvalue weighted by atomic mass is 32.2. The monoisotopic (exact) mass is 420 g/mol. The van der Waals surface area contributed by atoms with Crippen molar-refractivity contribution >= 4 is 21.4 Å². The van der Waals surface area contributed by atoms with Crippen LogP contribution in [-0.2, 0) is 16.6 Å². The average molecular weight is 420 g/mol. The highest BCUT2D eigenvalue weighted by Gasteiger charge is 2.29. The largest absolute Gasteiger partial charge is 0.496 e. The third-order valence-electron chi connectivity index (χ3n) is 4.93. The zero-order chi connectivity index (χ0) is 21.0. The molecule has 0 radical (unpaired) electrons. The van der Waals surface area contributed by atoms with Gasteiger partial charge in [-0.15, -0.1) is 0 Å². The number of nitrogens with one attached hydrogen (secondary N) is 1. The van der Waals surface area contributed by atoms with Crippen molar-refractivity contribution < 1.29 is 18.1 Å². The van der Waals surface area contributed by atoms with Gasteiger partial charge < -0.3 is 15.0 Å². The van der Waals surface area contributed by atoms with Crippen LogP contribution in [0.3, 0.4) is 0 Å². The number of anilines is 1. The number of hydrogen-bond donors (Lipinski definition) is 1. The summed E-state index contributed by atoms with van der Waals surface area (Å²) in [5.41, 5.74) is 0.798. The van der Waals surface area contributed by atoms with Gasteiger partial charge in [-0.3, -0.25) is 10.1 Å². The maximum absolute atomic E-state index is 12.9. The summed E-state index contributed by atoms with van der Waals surface area (Å²) in [7, 11) is -0.299. The summed E-state index contributed by atoms with van der Waals surface area (Å²) in [6, 6.07) is 11.3. The van der Waals surface area contributed by atoms with Gasteiger partial charge >= 0.3 is 0 Å². The number of methoxy groups -OCH3 is 1. The van der Waals surface area contributed by atoms with E-state index in [0.717, 1.165) is 11.6 Å².